The molecule has 0 saturated carbocycles. The monoisotopic (exact) mass is 428 g/mol. The van der Waals surface area contributed by atoms with Gasteiger partial charge in [-0.15, -0.1) is 0 Å². The van der Waals surface area contributed by atoms with Crippen LogP contribution in [0, 0.1) is 20.8 Å². The lowest BCUT2D eigenvalue weighted by atomic mass is 9.92. The van der Waals surface area contributed by atoms with Gasteiger partial charge in [-0.3, -0.25) is 9.59 Å². The summed E-state index contributed by atoms with van der Waals surface area (Å²) in [6.45, 7) is 5.02. The van der Waals surface area contributed by atoms with Crippen molar-refractivity contribution in [1.82, 2.24) is 10.3 Å². The number of aromatic amines is 1. The lowest BCUT2D eigenvalue weighted by Gasteiger charge is -2.29. The van der Waals surface area contributed by atoms with Crippen LogP contribution < -0.4 is 15.6 Å². The fourth-order valence-electron chi connectivity index (χ4n) is 3.68. The number of benzene rings is 2. The number of aromatic nitrogens is 1. The third-order valence-corrected chi connectivity index (χ3v) is 5.22. The van der Waals surface area contributed by atoms with Crippen LogP contribution in [-0.2, 0) is 6.18 Å². The lowest BCUT2D eigenvalue weighted by Crippen LogP contribution is -2.35. The first kappa shape index (κ1) is 20.7. The maximum absolute atomic E-state index is 13.0. The third-order valence-electron chi connectivity index (χ3n) is 5.22. The van der Waals surface area contributed by atoms with Crippen LogP contribution in [0.15, 0.2) is 47.3 Å². The van der Waals surface area contributed by atoms with Gasteiger partial charge in [-0.2, -0.15) is 13.2 Å². The minimum Gasteiger partial charge on any atom is -0.457 e. The number of fused-ring (bicyclic) bond motifs is 2. The number of amides is 1. The van der Waals surface area contributed by atoms with E-state index >= 15 is 0 Å². The molecule has 0 aliphatic carbocycles. The van der Waals surface area contributed by atoms with Crippen LogP contribution in [-0.4, -0.2) is 10.9 Å². The Morgan fingerprint density at radius 1 is 0.968 bits per heavy atom. The molecule has 0 fully saturated rings. The summed E-state index contributed by atoms with van der Waals surface area (Å²) in [6, 6.07) is 11.4. The number of carbonyl (C=O) groups excluding carboxylic acids is 1. The first-order valence-corrected chi connectivity index (χ1v) is 9.55. The van der Waals surface area contributed by atoms with E-state index < -0.39 is 29.4 Å². The lowest BCUT2D eigenvalue weighted by molar-refractivity contribution is -0.141. The molecule has 1 aliphatic heterocycles. The summed E-state index contributed by atoms with van der Waals surface area (Å²) in [6.07, 6.45) is -4.72. The molecule has 31 heavy (non-hydrogen) atoms. The molecule has 0 radical (unpaired) electrons. The highest BCUT2D eigenvalue weighted by Gasteiger charge is 2.35. The van der Waals surface area contributed by atoms with Gasteiger partial charge in [-0.1, -0.05) is 24.3 Å². The highest BCUT2D eigenvalue weighted by Crippen LogP contribution is 2.43. The molecule has 8 heteroatoms. The number of hydrogen-bond donors (Lipinski definition) is 2. The van der Waals surface area contributed by atoms with Crippen molar-refractivity contribution in [2.45, 2.75) is 33.0 Å². The third kappa shape index (κ3) is 3.81. The molecular weight excluding hydrogens is 409 g/mol. The molecule has 5 nitrogen and oxygen atoms in total. The number of aryl methyl sites for hydroxylation is 3. The number of pyridine rings is 1. The summed E-state index contributed by atoms with van der Waals surface area (Å²) in [4.78, 5) is 27.0. The summed E-state index contributed by atoms with van der Waals surface area (Å²) in [5, 5.41) is 2.79. The van der Waals surface area contributed by atoms with Crippen LogP contribution in [0.25, 0.3) is 0 Å². The predicted molar refractivity (Wildman–Crippen MR) is 109 cm³/mol. The van der Waals surface area contributed by atoms with E-state index in [4.69, 9.17) is 4.74 Å². The molecule has 1 aliphatic rings. The largest absolute Gasteiger partial charge is 0.457 e. The smallest absolute Gasteiger partial charge is 0.431 e. The van der Waals surface area contributed by atoms with E-state index in [2.05, 4.69) is 5.32 Å². The molecule has 160 valence electrons. The average molecular weight is 428 g/mol. The maximum Gasteiger partial charge on any atom is 0.431 e. The first-order valence-electron chi connectivity index (χ1n) is 9.55. The second-order valence-corrected chi connectivity index (χ2v) is 7.66. The highest BCUT2D eigenvalue weighted by molar-refractivity contribution is 5.94. The van der Waals surface area contributed by atoms with Gasteiger partial charge in [0.2, 0.25) is 0 Å². The molecule has 0 bridgehead atoms. The molecule has 1 amide bonds. The minimum absolute atomic E-state index is 0.240. The Hall–Kier alpha value is -3.55. The Bertz CT molecular complexity index is 1210. The topological polar surface area (TPSA) is 71.2 Å². The van der Waals surface area contributed by atoms with Gasteiger partial charge in [0, 0.05) is 11.1 Å². The molecular formula is C23H19F3N2O3. The van der Waals surface area contributed by atoms with E-state index in [0.29, 0.717) is 22.6 Å². The van der Waals surface area contributed by atoms with Gasteiger partial charge in [-0.25, -0.2) is 0 Å². The first-order chi connectivity index (χ1) is 14.5. The van der Waals surface area contributed by atoms with Gasteiger partial charge in [0.1, 0.15) is 22.8 Å². The fraction of sp³-hybridized carbons (Fsp3) is 0.217. The van der Waals surface area contributed by atoms with Crippen LogP contribution >= 0.6 is 0 Å². The number of halogens is 3. The Morgan fingerprint density at radius 3 is 2.03 bits per heavy atom. The maximum atomic E-state index is 13.0. The molecule has 3 aromatic rings. The number of rotatable bonds is 2. The van der Waals surface area contributed by atoms with Crippen LogP contribution in [0.1, 0.15) is 49.9 Å². The second-order valence-electron chi connectivity index (χ2n) is 7.66. The van der Waals surface area contributed by atoms with Gasteiger partial charge >= 0.3 is 6.18 Å². The van der Waals surface area contributed by atoms with Crippen LogP contribution in [0.3, 0.4) is 0 Å². The van der Waals surface area contributed by atoms with Crippen molar-refractivity contribution in [1.29, 1.82) is 0 Å². The van der Waals surface area contributed by atoms with Crippen LogP contribution in [0.4, 0.5) is 13.2 Å². The Labute approximate surface area is 175 Å². The second kappa shape index (κ2) is 7.30. The number of alkyl halides is 3. The van der Waals surface area contributed by atoms with E-state index in [1.807, 2.05) is 50.2 Å². The van der Waals surface area contributed by atoms with Crippen molar-refractivity contribution in [3.05, 3.63) is 91.9 Å². The number of hydrogen-bond acceptors (Lipinski definition) is 3. The molecule has 0 unspecified atom stereocenters. The van der Waals surface area contributed by atoms with Gasteiger partial charge in [0.05, 0.1) is 6.04 Å². The zero-order chi connectivity index (χ0) is 22.5. The zero-order valence-electron chi connectivity index (χ0n) is 17.0. The van der Waals surface area contributed by atoms with Crippen molar-refractivity contribution in [2.75, 3.05) is 0 Å². The SMILES string of the molecule is Cc1ccc2c(c1)Oc1cc(C)ccc1C2NC(=O)c1cc(C)c(C(F)(F)F)[nH]c1=O. The van der Waals surface area contributed by atoms with Crippen molar-refractivity contribution in [2.24, 2.45) is 0 Å². The summed E-state index contributed by atoms with van der Waals surface area (Å²) in [7, 11) is 0. The van der Waals surface area contributed by atoms with Gasteiger partial charge in [0.25, 0.3) is 11.5 Å². The Kier molecular flexibility index (Phi) is 4.88. The summed E-state index contributed by atoms with van der Waals surface area (Å²) in [5.41, 5.74) is 0.420. The Morgan fingerprint density at radius 2 is 1.52 bits per heavy atom. The van der Waals surface area contributed by atoms with Crippen molar-refractivity contribution in [3.8, 4) is 11.5 Å². The number of H-pyrrole nitrogens is 1. The number of carbonyl (C=O) groups is 1. The van der Waals surface area contributed by atoms with Crippen molar-refractivity contribution < 1.29 is 22.7 Å². The molecule has 4 rings (SSSR count). The average Bonchev–Trinajstić information content (AvgIpc) is 2.67. The molecule has 0 saturated heterocycles. The van der Waals surface area contributed by atoms with Gasteiger partial charge in [-0.05, 0) is 55.7 Å². The number of ether oxygens (including phenoxy) is 1. The molecule has 2 N–H and O–H groups in total. The molecule has 0 atom stereocenters. The van der Waals surface area contributed by atoms with E-state index in [-0.39, 0.29) is 11.1 Å². The van der Waals surface area contributed by atoms with E-state index in [1.165, 1.54) is 6.92 Å². The van der Waals surface area contributed by atoms with Crippen LogP contribution in [0.2, 0.25) is 0 Å². The predicted octanol–water partition coefficient (Wildman–Crippen LogP) is 4.94. The highest BCUT2D eigenvalue weighted by atomic mass is 19.4. The molecule has 0 spiro atoms. The fourth-order valence-corrected chi connectivity index (χ4v) is 3.68. The van der Waals surface area contributed by atoms with Crippen LogP contribution in [0.5, 0.6) is 11.5 Å². The summed E-state index contributed by atoms with van der Waals surface area (Å²) in [5.74, 6) is 0.366. The quantitative estimate of drug-likeness (QED) is 0.607. The molecule has 1 aromatic heterocycles. The Balaban J connectivity index is 1.76. The van der Waals surface area contributed by atoms with Crippen molar-refractivity contribution >= 4 is 5.91 Å². The zero-order valence-corrected chi connectivity index (χ0v) is 17.0. The molecule has 2 heterocycles. The molecule has 2 aromatic carbocycles. The van der Waals surface area contributed by atoms with Gasteiger partial charge < -0.3 is 15.0 Å². The summed E-state index contributed by atoms with van der Waals surface area (Å²) < 4.78 is 45.1. The van der Waals surface area contributed by atoms with E-state index in [1.54, 1.807) is 4.98 Å². The number of nitrogens with one attached hydrogen (secondary N) is 2. The van der Waals surface area contributed by atoms with Crippen molar-refractivity contribution in [3.63, 3.8) is 0 Å². The van der Waals surface area contributed by atoms with E-state index in [9.17, 15) is 22.8 Å². The van der Waals surface area contributed by atoms with E-state index in [0.717, 1.165) is 17.2 Å². The standard InChI is InChI=1S/C23H19F3N2O3/c1-11-4-6-14-17(8-11)31-18-9-12(2)5-7-15(18)19(14)27-21(29)16-10-13(3)20(23(24,25)26)28-22(16)30/h4-10,19H,1-3H3,(H,27,29)(H,28,30). The summed E-state index contributed by atoms with van der Waals surface area (Å²) >= 11 is 0. The van der Waals surface area contributed by atoms with Gasteiger partial charge in [0.15, 0.2) is 0 Å². The normalized spacial score (nSPS) is 13.2. The minimum atomic E-state index is -4.72.